The summed E-state index contributed by atoms with van der Waals surface area (Å²) in [5.74, 6) is 0. The van der Waals surface area contributed by atoms with E-state index in [1.807, 2.05) is 60.7 Å². The van der Waals surface area contributed by atoms with Gasteiger partial charge in [0.2, 0.25) is 0 Å². The fraction of sp³-hybridized carbons (Fsp3) is 0.0690. The van der Waals surface area contributed by atoms with Crippen LogP contribution in [0.25, 0.3) is 11.0 Å². The van der Waals surface area contributed by atoms with Gasteiger partial charge in [-0.2, -0.15) is 0 Å². The van der Waals surface area contributed by atoms with Crippen molar-refractivity contribution in [3.63, 3.8) is 0 Å². The van der Waals surface area contributed by atoms with E-state index in [-0.39, 0.29) is 0 Å². The fourth-order valence-electron chi connectivity index (χ4n) is 3.22. The first-order valence-corrected chi connectivity index (χ1v) is 10.4. The third kappa shape index (κ3) is 5.58. The normalized spacial score (nSPS) is 11.9. The average molecular weight is 402 g/mol. The summed E-state index contributed by atoms with van der Waals surface area (Å²) in [6.07, 6.45) is 2.07. The molecule has 0 unspecified atom stereocenters. The van der Waals surface area contributed by atoms with E-state index < -0.39 is 0 Å². The highest BCUT2D eigenvalue weighted by Crippen LogP contribution is 2.31. The van der Waals surface area contributed by atoms with Gasteiger partial charge in [0.1, 0.15) is 0 Å². The third-order valence-corrected chi connectivity index (χ3v) is 4.98. The molecule has 0 aliphatic heterocycles. The molecule has 0 N–H and O–H groups in total. The molecule has 2 heteroatoms. The van der Waals surface area contributed by atoms with Gasteiger partial charge in [0.25, 0.3) is 0 Å². The monoisotopic (exact) mass is 401 g/mol. The molecule has 31 heavy (non-hydrogen) atoms. The fourth-order valence-corrected chi connectivity index (χ4v) is 3.22. The quantitative estimate of drug-likeness (QED) is 0.291. The van der Waals surface area contributed by atoms with Gasteiger partial charge in [-0.3, -0.25) is 0 Å². The number of aliphatic imine (C=N–C) groups is 1. The van der Waals surface area contributed by atoms with Gasteiger partial charge >= 0.3 is 0 Å². The molecule has 4 aromatic rings. The van der Waals surface area contributed by atoms with Crippen LogP contribution < -0.4 is 0 Å². The van der Waals surface area contributed by atoms with Crippen LogP contribution >= 0.6 is 0 Å². The van der Waals surface area contributed by atoms with Crippen LogP contribution in [0.1, 0.15) is 22.3 Å². The van der Waals surface area contributed by atoms with Crippen LogP contribution in [-0.2, 0) is 0 Å². The second-order valence-corrected chi connectivity index (χ2v) is 7.54. The summed E-state index contributed by atoms with van der Waals surface area (Å²) in [7, 11) is 0. The Labute approximate surface area is 184 Å². The summed E-state index contributed by atoms with van der Waals surface area (Å²) in [6.45, 7) is 4.17. The number of nitrogens with zero attached hydrogens (tertiary/aromatic N) is 2. The van der Waals surface area contributed by atoms with Crippen LogP contribution in [0.2, 0.25) is 0 Å². The second-order valence-electron chi connectivity index (χ2n) is 7.54. The van der Waals surface area contributed by atoms with Gasteiger partial charge in [0.05, 0.1) is 11.4 Å². The van der Waals surface area contributed by atoms with E-state index in [0.29, 0.717) is 0 Å². The van der Waals surface area contributed by atoms with Crippen molar-refractivity contribution in [2.75, 3.05) is 0 Å². The highest BCUT2D eigenvalue weighted by atomic mass is 14.9. The Balaban J connectivity index is 1.81. The molecule has 2 nitrogen and oxygen atoms in total. The standard InChI is InChI=1S/C29H25N2/c1-22-13-17-26(18-14-22)30-28(24-9-5-3-6-10-24)21-29(25-11-7-4-8-12-25)31-27-19-15-23(2)16-20-27/h3-21H,1-2H3/q-1/b28-21+,31-29?. The van der Waals surface area contributed by atoms with Gasteiger partial charge in [-0.05, 0) is 37.6 Å². The van der Waals surface area contributed by atoms with E-state index >= 15 is 0 Å². The lowest BCUT2D eigenvalue weighted by Gasteiger charge is -2.27. The van der Waals surface area contributed by atoms with Crippen molar-refractivity contribution >= 4 is 22.8 Å². The first-order chi connectivity index (χ1) is 15.2. The van der Waals surface area contributed by atoms with Crippen molar-refractivity contribution in [2.45, 2.75) is 13.8 Å². The Hall–Kier alpha value is -3.91. The van der Waals surface area contributed by atoms with Gasteiger partial charge in [-0.1, -0.05) is 108 Å². The zero-order valence-electron chi connectivity index (χ0n) is 17.9. The van der Waals surface area contributed by atoms with Gasteiger partial charge in [-0.15, -0.1) is 11.4 Å². The molecule has 0 spiro atoms. The third-order valence-electron chi connectivity index (χ3n) is 4.98. The molecule has 0 bridgehead atoms. The smallest absolute Gasteiger partial charge is 0.0697 e. The summed E-state index contributed by atoms with van der Waals surface area (Å²) in [5, 5.41) is 4.97. The SMILES string of the molecule is Cc1ccc(N=C(/C=C(/[N-]c2ccc(C)cc2)c2ccccc2)c2ccccc2)cc1. The zero-order chi connectivity index (χ0) is 21.5. The molecule has 0 amide bonds. The lowest BCUT2D eigenvalue weighted by atomic mass is 10.0. The van der Waals surface area contributed by atoms with Crippen molar-refractivity contribution < 1.29 is 0 Å². The number of hydrogen-bond acceptors (Lipinski definition) is 1. The summed E-state index contributed by atoms with van der Waals surface area (Å²) in [6, 6.07) is 37.0. The van der Waals surface area contributed by atoms with E-state index in [4.69, 9.17) is 10.3 Å². The predicted molar refractivity (Wildman–Crippen MR) is 132 cm³/mol. The van der Waals surface area contributed by atoms with Gasteiger partial charge < -0.3 is 5.32 Å². The number of allylic oxidation sites excluding steroid dienone is 1. The molecule has 4 rings (SSSR count). The van der Waals surface area contributed by atoms with Crippen LogP contribution in [-0.4, -0.2) is 5.71 Å². The Kier molecular flexibility index (Phi) is 6.39. The maximum absolute atomic E-state index is 4.97. The maximum atomic E-state index is 4.97. The maximum Gasteiger partial charge on any atom is 0.0697 e. The Morgan fingerprint density at radius 3 is 1.71 bits per heavy atom. The number of hydrogen-bond donors (Lipinski definition) is 0. The molecule has 0 atom stereocenters. The molecular formula is C29H25N2-. The Morgan fingerprint density at radius 1 is 0.613 bits per heavy atom. The molecule has 0 aliphatic rings. The summed E-state index contributed by atoms with van der Waals surface area (Å²) in [4.78, 5) is 4.97. The summed E-state index contributed by atoms with van der Waals surface area (Å²) >= 11 is 0. The second kappa shape index (κ2) is 9.73. The molecule has 0 fully saturated rings. The summed E-state index contributed by atoms with van der Waals surface area (Å²) in [5.41, 5.74) is 8.13. The minimum Gasteiger partial charge on any atom is -0.657 e. The molecule has 0 radical (unpaired) electrons. The lowest BCUT2D eigenvalue weighted by molar-refractivity contribution is 1.43. The van der Waals surface area contributed by atoms with Gasteiger partial charge in [0, 0.05) is 5.56 Å². The molecule has 152 valence electrons. The average Bonchev–Trinajstić information content (AvgIpc) is 2.82. The number of benzene rings is 4. The molecule has 0 aromatic heterocycles. The molecular weight excluding hydrogens is 376 g/mol. The van der Waals surface area contributed by atoms with Gasteiger partial charge in [0.15, 0.2) is 0 Å². The molecule has 0 heterocycles. The van der Waals surface area contributed by atoms with Crippen molar-refractivity contribution in [3.8, 4) is 0 Å². The van der Waals surface area contributed by atoms with Crippen LogP contribution in [0.15, 0.2) is 120 Å². The van der Waals surface area contributed by atoms with Crippen molar-refractivity contribution in [1.29, 1.82) is 0 Å². The van der Waals surface area contributed by atoms with E-state index in [9.17, 15) is 0 Å². The first kappa shape index (κ1) is 20.4. The number of rotatable bonds is 6. The Morgan fingerprint density at radius 2 is 1.13 bits per heavy atom. The van der Waals surface area contributed by atoms with Crippen molar-refractivity contribution in [2.24, 2.45) is 4.99 Å². The molecule has 0 saturated carbocycles. The van der Waals surface area contributed by atoms with Crippen LogP contribution in [0, 0.1) is 13.8 Å². The van der Waals surface area contributed by atoms with Crippen molar-refractivity contribution in [3.05, 3.63) is 143 Å². The minimum absolute atomic E-state index is 0.874. The van der Waals surface area contributed by atoms with E-state index in [1.54, 1.807) is 0 Å². The predicted octanol–water partition coefficient (Wildman–Crippen LogP) is 8.17. The van der Waals surface area contributed by atoms with Crippen LogP contribution in [0.5, 0.6) is 0 Å². The first-order valence-electron chi connectivity index (χ1n) is 10.4. The highest BCUT2D eigenvalue weighted by Gasteiger charge is 2.03. The number of aryl methyl sites for hydroxylation is 2. The summed E-state index contributed by atoms with van der Waals surface area (Å²) < 4.78 is 0. The zero-order valence-corrected chi connectivity index (χ0v) is 17.9. The largest absolute Gasteiger partial charge is 0.657 e. The van der Waals surface area contributed by atoms with Crippen LogP contribution in [0.3, 0.4) is 0 Å². The molecule has 4 aromatic carbocycles. The van der Waals surface area contributed by atoms with E-state index in [0.717, 1.165) is 33.9 Å². The highest BCUT2D eigenvalue weighted by molar-refractivity contribution is 6.14. The van der Waals surface area contributed by atoms with Crippen molar-refractivity contribution in [1.82, 2.24) is 0 Å². The Bertz CT molecular complexity index is 1170. The van der Waals surface area contributed by atoms with Crippen LogP contribution in [0.4, 0.5) is 11.4 Å². The minimum atomic E-state index is 0.874. The molecule has 0 aliphatic carbocycles. The lowest BCUT2D eigenvalue weighted by Crippen LogP contribution is -1.98. The topological polar surface area (TPSA) is 26.5 Å². The molecule has 0 saturated heterocycles. The van der Waals surface area contributed by atoms with Gasteiger partial charge in [-0.25, -0.2) is 4.99 Å². The van der Waals surface area contributed by atoms with E-state index in [1.165, 1.54) is 11.1 Å². The van der Waals surface area contributed by atoms with E-state index in [2.05, 4.69) is 68.5 Å².